The molecule has 18 heavy (non-hydrogen) atoms. The number of hydrogen-bond donors (Lipinski definition) is 2. The second kappa shape index (κ2) is 4.89. The highest BCUT2D eigenvalue weighted by Crippen LogP contribution is 2.20. The highest BCUT2D eigenvalue weighted by Gasteiger charge is 2.10. The molecule has 0 bridgehead atoms. The van der Waals surface area contributed by atoms with Gasteiger partial charge in [-0.3, -0.25) is 9.82 Å². The molecular formula is C11H10N4O2S. The second-order valence-electron chi connectivity index (χ2n) is 3.57. The average Bonchev–Trinajstić information content (AvgIpc) is 2.81. The van der Waals surface area contributed by atoms with E-state index in [0.29, 0.717) is 5.69 Å². The van der Waals surface area contributed by atoms with Crippen molar-refractivity contribution >= 4 is 15.7 Å². The van der Waals surface area contributed by atoms with Crippen molar-refractivity contribution in [1.82, 2.24) is 10.2 Å². The average molecular weight is 262 g/mol. The predicted octanol–water partition coefficient (Wildman–Crippen LogP) is 1.34. The topological polar surface area (TPSA) is 98.6 Å². The van der Waals surface area contributed by atoms with E-state index in [9.17, 15) is 8.42 Å². The molecule has 0 aliphatic heterocycles. The second-order valence-corrected chi connectivity index (χ2v) is 5.29. The van der Waals surface area contributed by atoms with Crippen LogP contribution in [0.1, 0.15) is 0 Å². The van der Waals surface area contributed by atoms with E-state index >= 15 is 0 Å². The van der Waals surface area contributed by atoms with Crippen molar-refractivity contribution in [3.63, 3.8) is 0 Å². The Bertz CT molecular complexity index is 671. The van der Waals surface area contributed by atoms with E-state index in [1.807, 2.05) is 6.07 Å². The number of nitrogens with zero attached hydrogens (tertiary/aromatic N) is 2. The minimum absolute atomic E-state index is 0.414. The van der Waals surface area contributed by atoms with E-state index in [2.05, 4.69) is 14.9 Å². The molecule has 1 aromatic heterocycles. The Balaban J connectivity index is 2.27. The van der Waals surface area contributed by atoms with Crippen LogP contribution in [0.4, 0.5) is 5.69 Å². The number of H-pyrrole nitrogens is 1. The number of rotatable bonds is 4. The molecule has 0 atom stereocenters. The van der Waals surface area contributed by atoms with Crippen LogP contribution in [0.3, 0.4) is 0 Å². The zero-order valence-electron chi connectivity index (χ0n) is 9.29. The van der Waals surface area contributed by atoms with Crippen molar-refractivity contribution in [3.05, 3.63) is 36.5 Å². The minimum atomic E-state index is -3.61. The number of hydrogen-bond acceptors (Lipinski definition) is 4. The van der Waals surface area contributed by atoms with Gasteiger partial charge < -0.3 is 0 Å². The van der Waals surface area contributed by atoms with Crippen LogP contribution in [-0.4, -0.2) is 24.4 Å². The van der Waals surface area contributed by atoms with E-state index in [1.165, 1.54) is 0 Å². The fourth-order valence-electron chi connectivity index (χ4n) is 1.47. The van der Waals surface area contributed by atoms with Crippen LogP contribution < -0.4 is 4.72 Å². The zero-order valence-corrected chi connectivity index (χ0v) is 10.1. The monoisotopic (exact) mass is 262 g/mol. The molecule has 0 fully saturated rings. The number of nitrogens with one attached hydrogen (secondary N) is 2. The van der Waals surface area contributed by atoms with Gasteiger partial charge in [-0.1, -0.05) is 12.1 Å². The summed E-state index contributed by atoms with van der Waals surface area (Å²) in [6.07, 6.45) is 1.61. The maximum atomic E-state index is 11.4. The molecule has 0 saturated heterocycles. The van der Waals surface area contributed by atoms with Gasteiger partial charge in [0.25, 0.3) is 0 Å². The summed E-state index contributed by atoms with van der Waals surface area (Å²) in [5.41, 5.74) is 2.01. The van der Waals surface area contributed by atoms with Gasteiger partial charge in [-0.05, 0) is 18.2 Å². The van der Waals surface area contributed by atoms with Crippen molar-refractivity contribution in [1.29, 1.82) is 5.26 Å². The number of benzene rings is 1. The van der Waals surface area contributed by atoms with Crippen LogP contribution in [0, 0.1) is 11.3 Å². The number of aromatic amines is 1. The smallest absolute Gasteiger partial charge is 0.246 e. The first kappa shape index (κ1) is 12.1. The Kier molecular flexibility index (Phi) is 3.30. The van der Waals surface area contributed by atoms with Gasteiger partial charge in [0.05, 0.1) is 11.8 Å². The van der Waals surface area contributed by atoms with Crippen LogP contribution in [0.25, 0.3) is 11.3 Å². The standard InChI is InChI=1S/C11H10N4O2S/c12-5-7-18(16,17)15-10-3-1-2-9(8-10)11-4-6-13-14-11/h1-4,6,8,15H,7H2,(H,13,14). The summed E-state index contributed by atoms with van der Waals surface area (Å²) in [7, 11) is -3.61. The maximum Gasteiger partial charge on any atom is 0.246 e. The third-order valence-electron chi connectivity index (χ3n) is 2.20. The van der Waals surface area contributed by atoms with Gasteiger partial charge in [-0.2, -0.15) is 10.4 Å². The van der Waals surface area contributed by atoms with Gasteiger partial charge in [0.2, 0.25) is 10.0 Å². The van der Waals surface area contributed by atoms with E-state index in [4.69, 9.17) is 5.26 Å². The Labute approximate surface area is 104 Å². The quantitative estimate of drug-likeness (QED) is 0.868. The fourth-order valence-corrected chi connectivity index (χ4v) is 2.20. The van der Waals surface area contributed by atoms with Gasteiger partial charge in [-0.15, -0.1) is 0 Å². The van der Waals surface area contributed by atoms with Gasteiger partial charge >= 0.3 is 0 Å². The van der Waals surface area contributed by atoms with Crippen molar-refractivity contribution in [2.45, 2.75) is 0 Å². The van der Waals surface area contributed by atoms with Gasteiger partial charge in [0, 0.05) is 17.4 Å². The van der Waals surface area contributed by atoms with Gasteiger partial charge in [0.1, 0.15) is 0 Å². The summed E-state index contributed by atoms with van der Waals surface area (Å²) in [4.78, 5) is 0. The summed E-state index contributed by atoms with van der Waals surface area (Å²) in [6.45, 7) is 0. The van der Waals surface area contributed by atoms with Crippen LogP contribution in [0.2, 0.25) is 0 Å². The van der Waals surface area contributed by atoms with Crippen LogP contribution >= 0.6 is 0 Å². The SMILES string of the molecule is N#CCS(=O)(=O)Nc1cccc(-c2ccn[nH]2)c1. The lowest BCUT2D eigenvalue weighted by Crippen LogP contribution is -2.15. The molecule has 1 aromatic carbocycles. The number of anilines is 1. The highest BCUT2D eigenvalue weighted by atomic mass is 32.2. The molecule has 6 nitrogen and oxygen atoms in total. The molecule has 0 unspecified atom stereocenters. The van der Waals surface area contributed by atoms with Gasteiger partial charge in [-0.25, -0.2) is 8.42 Å². The lowest BCUT2D eigenvalue weighted by atomic mass is 10.1. The molecule has 7 heteroatoms. The maximum absolute atomic E-state index is 11.4. The summed E-state index contributed by atoms with van der Waals surface area (Å²) < 4.78 is 25.2. The summed E-state index contributed by atoms with van der Waals surface area (Å²) in [5.74, 6) is -0.568. The molecule has 0 aliphatic carbocycles. The van der Waals surface area contributed by atoms with E-state index in [0.717, 1.165) is 11.3 Å². The molecule has 0 saturated carbocycles. The largest absolute Gasteiger partial charge is 0.283 e. The third kappa shape index (κ3) is 2.87. The lowest BCUT2D eigenvalue weighted by Gasteiger charge is -2.06. The molecule has 1 heterocycles. The van der Waals surface area contributed by atoms with E-state index in [-0.39, 0.29) is 0 Å². The first-order chi connectivity index (χ1) is 8.61. The third-order valence-corrected chi connectivity index (χ3v) is 3.26. The molecule has 2 N–H and O–H groups in total. The molecule has 92 valence electrons. The van der Waals surface area contributed by atoms with Gasteiger partial charge in [0.15, 0.2) is 5.75 Å². The van der Waals surface area contributed by atoms with E-state index in [1.54, 1.807) is 36.5 Å². The highest BCUT2D eigenvalue weighted by molar-refractivity contribution is 7.92. The number of aromatic nitrogens is 2. The van der Waals surface area contributed by atoms with Crippen LogP contribution in [0.5, 0.6) is 0 Å². The zero-order chi connectivity index (χ0) is 13.0. The first-order valence-corrected chi connectivity index (χ1v) is 6.73. The van der Waals surface area contributed by atoms with Crippen molar-refractivity contribution < 1.29 is 8.42 Å². The molecular weight excluding hydrogens is 252 g/mol. The first-order valence-electron chi connectivity index (χ1n) is 5.08. The summed E-state index contributed by atoms with van der Waals surface area (Å²) in [5, 5.41) is 15.0. The van der Waals surface area contributed by atoms with Crippen molar-refractivity contribution in [2.75, 3.05) is 10.5 Å². The van der Waals surface area contributed by atoms with E-state index < -0.39 is 15.8 Å². The predicted molar refractivity (Wildman–Crippen MR) is 67.0 cm³/mol. The Morgan fingerprint density at radius 1 is 1.39 bits per heavy atom. The Morgan fingerprint density at radius 2 is 2.22 bits per heavy atom. The molecule has 0 aliphatic rings. The van der Waals surface area contributed by atoms with Crippen LogP contribution in [0.15, 0.2) is 36.5 Å². The molecule has 2 aromatic rings. The van der Waals surface area contributed by atoms with Crippen LogP contribution in [-0.2, 0) is 10.0 Å². The van der Waals surface area contributed by atoms with Crippen molar-refractivity contribution in [3.8, 4) is 17.3 Å². The Morgan fingerprint density at radius 3 is 2.89 bits per heavy atom. The molecule has 0 radical (unpaired) electrons. The molecule has 0 amide bonds. The normalized spacial score (nSPS) is 10.8. The molecule has 2 rings (SSSR count). The Hall–Kier alpha value is -2.33. The number of nitriles is 1. The fraction of sp³-hybridized carbons (Fsp3) is 0.0909. The van der Waals surface area contributed by atoms with Crippen molar-refractivity contribution in [2.24, 2.45) is 0 Å². The lowest BCUT2D eigenvalue weighted by molar-refractivity contribution is 0.604. The summed E-state index contributed by atoms with van der Waals surface area (Å²) >= 11 is 0. The minimum Gasteiger partial charge on any atom is -0.283 e. The number of sulfonamides is 1. The molecule has 0 spiro atoms. The summed E-state index contributed by atoms with van der Waals surface area (Å²) in [6, 6.07) is 10.2.